The van der Waals surface area contributed by atoms with Crippen LogP contribution in [0.2, 0.25) is 5.02 Å². The second-order valence-corrected chi connectivity index (χ2v) is 4.47. The van der Waals surface area contributed by atoms with Crippen LogP contribution in [0.4, 0.5) is 10.5 Å². The summed E-state index contributed by atoms with van der Waals surface area (Å²) in [4.78, 5) is 11.6. The van der Waals surface area contributed by atoms with Gasteiger partial charge >= 0.3 is 6.03 Å². The van der Waals surface area contributed by atoms with E-state index in [1.807, 2.05) is 0 Å². The number of ether oxygens (including phenoxy) is 2. The fraction of sp³-hybridized carbons (Fsp3) is 0.417. The molecule has 2 rings (SSSR count). The minimum Gasteiger partial charge on any atom is -0.493 e. The van der Waals surface area contributed by atoms with Crippen LogP contribution in [0.25, 0.3) is 0 Å². The SMILES string of the molecule is COc1cc(Cl)c(NC(=O)NC2CC2)cc1OC. The van der Waals surface area contributed by atoms with Gasteiger partial charge < -0.3 is 20.1 Å². The van der Waals surface area contributed by atoms with Gasteiger partial charge in [0.15, 0.2) is 11.5 Å². The molecule has 0 atom stereocenters. The second kappa shape index (κ2) is 5.35. The van der Waals surface area contributed by atoms with Gasteiger partial charge in [0.1, 0.15) is 0 Å². The van der Waals surface area contributed by atoms with E-state index in [9.17, 15) is 4.79 Å². The van der Waals surface area contributed by atoms with Gasteiger partial charge in [-0.1, -0.05) is 11.6 Å². The molecule has 1 aromatic carbocycles. The molecule has 0 heterocycles. The molecule has 5 nitrogen and oxygen atoms in total. The first-order valence-electron chi connectivity index (χ1n) is 5.63. The summed E-state index contributed by atoms with van der Waals surface area (Å²) < 4.78 is 10.3. The van der Waals surface area contributed by atoms with Gasteiger partial charge in [0.2, 0.25) is 0 Å². The van der Waals surface area contributed by atoms with Crippen molar-refractivity contribution in [3.05, 3.63) is 17.2 Å². The summed E-state index contributed by atoms with van der Waals surface area (Å²) in [7, 11) is 3.06. The number of rotatable bonds is 4. The van der Waals surface area contributed by atoms with Crippen molar-refractivity contribution < 1.29 is 14.3 Å². The Hall–Kier alpha value is -1.62. The molecule has 0 spiro atoms. The molecule has 0 radical (unpaired) electrons. The van der Waals surface area contributed by atoms with E-state index in [1.54, 1.807) is 12.1 Å². The highest BCUT2D eigenvalue weighted by Gasteiger charge is 2.23. The van der Waals surface area contributed by atoms with Crippen LogP contribution in [0.1, 0.15) is 12.8 Å². The zero-order chi connectivity index (χ0) is 13.1. The smallest absolute Gasteiger partial charge is 0.319 e. The lowest BCUT2D eigenvalue weighted by atomic mass is 10.2. The lowest BCUT2D eigenvalue weighted by Gasteiger charge is -2.12. The summed E-state index contributed by atoms with van der Waals surface area (Å²) in [6.07, 6.45) is 2.07. The van der Waals surface area contributed by atoms with Crippen LogP contribution < -0.4 is 20.1 Å². The first-order chi connectivity index (χ1) is 8.63. The number of nitrogens with one attached hydrogen (secondary N) is 2. The van der Waals surface area contributed by atoms with Crippen molar-refractivity contribution in [2.45, 2.75) is 18.9 Å². The van der Waals surface area contributed by atoms with Gasteiger partial charge in [0, 0.05) is 18.2 Å². The van der Waals surface area contributed by atoms with Crippen LogP contribution in [-0.2, 0) is 0 Å². The molecule has 0 aliphatic heterocycles. The number of halogens is 1. The van der Waals surface area contributed by atoms with E-state index in [2.05, 4.69) is 10.6 Å². The standard InChI is InChI=1S/C12H15ClN2O3/c1-17-10-5-8(13)9(6-11(10)18-2)15-12(16)14-7-3-4-7/h5-7H,3-4H2,1-2H3,(H2,14,15,16). The molecule has 98 valence electrons. The van der Waals surface area contributed by atoms with Crippen LogP contribution in [0, 0.1) is 0 Å². The molecule has 0 unspecified atom stereocenters. The van der Waals surface area contributed by atoms with E-state index >= 15 is 0 Å². The molecule has 1 fully saturated rings. The molecule has 0 bridgehead atoms. The normalized spacial score (nSPS) is 13.9. The fourth-order valence-electron chi connectivity index (χ4n) is 1.52. The van der Waals surface area contributed by atoms with Crippen molar-refractivity contribution in [2.24, 2.45) is 0 Å². The van der Waals surface area contributed by atoms with Gasteiger partial charge in [0.25, 0.3) is 0 Å². The highest BCUT2D eigenvalue weighted by molar-refractivity contribution is 6.34. The Morgan fingerprint density at radius 2 is 1.89 bits per heavy atom. The summed E-state index contributed by atoms with van der Waals surface area (Å²) in [5.74, 6) is 1.04. The summed E-state index contributed by atoms with van der Waals surface area (Å²) >= 11 is 6.06. The number of amides is 2. The zero-order valence-corrected chi connectivity index (χ0v) is 11.0. The number of carbonyl (C=O) groups excluding carboxylic acids is 1. The average Bonchev–Trinajstić information content (AvgIpc) is 3.14. The fourth-order valence-corrected chi connectivity index (χ4v) is 1.72. The van der Waals surface area contributed by atoms with E-state index in [0.29, 0.717) is 28.3 Å². The predicted octanol–water partition coefficient (Wildman–Crippen LogP) is 2.64. The van der Waals surface area contributed by atoms with Gasteiger partial charge in [-0.2, -0.15) is 0 Å². The van der Waals surface area contributed by atoms with E-state index < -0.39 is 0 Å². The molecule has 0 aromatic heterocycles. The van der Waals surface area contributed by atoms with Crippen LogP contribution in [-0.4, -0.2) is 26.3 Å². The Morgan fingerprint density at radius 3 is 2.44 bits per heavy atom. The molecule has 2 amide bonds. The highest BCUT2D eigenvalue weighted by Crippen LogP contribution is 2.36. The van der Waals surface area contributed by atoms with E-state index in [-0.39, 0.29) is 6.03 Å². The highest BCUT2D eigenvalue weighted by atomic mass is 35.5. The van der Waals surface area contributed by atoms with Crippen LogP contribution in [0.15, 0.2) is 12.1 Å². The van der Waals surface area contributed by atoms with E-state index in [0.717, 1.165) is 12.8 Å². The minimum absolute atomic E-state index is 0.258. The quantitative estimate of drug-likeness (QED) is 0.884. The van der Waals surface area contributed by atoms with Crippen LogP contribution >= 0.6 is 11.6 Å². The van der Waals surface area contributed by atoms with Gasteiger partial charge in [0.05, 0.1) is 24.9 Å². The zero-order valence-electron chi connectivity index (χ0n) is 10.2. The van der Waals surface area contributed by atoms with Crippen LogP contribution in [0.3, 0.4) is 0 Å². The molecule has 18 heavy (non-hydrogen) atoms. The molecule has 1 aromatic rings. The largest absolute Gasteiger partial charge is 0.493 e. The lowest BCUT2D eigenvalue weighted by Crippen LogP contribution is -2.30. The summed E-state index contributed by atoms with van der Waals surface area (Å²) in [5.41, 5.74) is 0.493. The van der Waals surface area contributed by atoms with Crippen molar-refractivity contribution in [2.75, 3.05) is 19.5 Å². The molecule has 0 saturated heterocycles. The first kappa shape index (κ1) is 12.8. The maximum Gasteiger partial charge on any atom is 0.319 e. The average molecular weight is 271 g/mol. The Bertz CT molecular complexity index is 461. The lowest BCUT2D eigenvalue weighted by molar-refractivity contribution is 0.251. The van der Waals surface area contributed by atoms with Crippen molar-refractivity contribution in [1.29, 1.82) is 0 Å². The Balaban J connectivity index is 2.13. The number of benzene rings is 1. The van der Waals surface area contributed by atoms with E-state index in [1.165, 1.54) is 14.2 Å². The van der Waals surface area contributed by atoms with Crippen molar-refractivity contribution in [1.82, 2.24) is 5.32 Å². The van der Waals surface area contributed by atoms with Gasteiger partial charge in [-0.05, 0) is 12.8 Å². The van der Waals surface area contributed by atoms with Gasteiger partial charge in [-0.15, -0.1) is 0 Å². The number of hydrogen-bond acceptors (Lipinski definition) is 3. The summed E-state index contributed by atoms with van der Waals surface area (Å²) in [5, 5.41) is 5.91. The predicted molar refractivity (Wildman–Crippen MR) is 69.7 cm³/mol. The topological polar surface area (TPSA) is 59.6 Å². The maximum atomic E-state index is 11.6. The Labute approximate surface area is 110 Å². The Kier molecular flexibility index (Phi) is 3.81. The van der Waals surface area contributed by atoms with Crippen LogP contribution in [0.5, 0.6) is 11.5 Å². The third-order valence-electron chi connectivity index (χ3n) is 2.63. The molecule has 6 heteroatoms. The Morgan fingerprint density at radius 1 is 1.28 bits per heavy atom. The number of hydrogen-bond donors (Lipinski definition) is 2. The number of methoxy groups -OCH3 is 2. The monoisotopic (exact) mass is 270 g/mol. The number of anilines is 1. The summed E-state index contributed by atoms with van der Waals surface area (Å²) in [6.45, 7) is 0. The minimum atomic E-state index is -0.258. The summed E-state index contributed by atoms with van der Waals surface area (Å²) in [6, 6.07) is 3.27. The number of urea groups is 1. The van der Waals surface area contributed by atoms with Crippen molar-refractivity contribution >= 4 is 23.3 Å². The molecule has 2 N–H and O–H groups in total. The third-order valence-corrected chi connectivity index (χ3v) is 2.95. The molecular weight excluding hydrogens is 256 g/mol. The van der Waals surface area contributed by atoms with E-state index in [4.69, 9.17) is 21.1 Å². The molecule has 1 saturated carbocycles. The molecule has 1 aliphatic carbocycles. The van der Waals surface area contributed by atoms with Crippen molar-refractivity contribution in [3.8, 4) is 11.5 Å². The second-order valence-electron chi connectivity index (χ2n) is 4.06. The molecule has 1 aliphatic rings. The van der Waals surface area contributed by atoms with Gasteiger partial charge in [-0.25, -0.2) is 4.79 Å². The van der Waals surface area contributed by atoms with Gasteiger partial charge in [-0.3, -0.25) is 0 Å². The first-order valence-corrected chi connectivity index (χ1v) is 6.01. The van der Waals surface area contributed by atoms with Crippen molar-refractivity contribution in [3.63, 3.8) is 0 Å². The maximum absolute atomic E-state index is 11.6. The number of carbonyl (C=O) groups is 1. The molecular formula is C12H15ClN2O3. The third kappa shape index (κ3) is 2.98.